The van der Waals surface area contributed by atoms with Gasteiger partial charge in [-0.1, -0.05) is 0 Å². The SMILES string of the molecule is CCOC(=O)c1cn([C@@H]2C[C@H]2F)c2c(OC)c(F)c(N)c([N+](=O)[O-])c2c1=O. The highest BCUT2D eigenvalue weighted by Gasteiger charge is 2.42. The number of pyridine rings is 1. The van der Waals surface area contributed by atoms with Crippen molar-refractivity contribution in [2.75, 3.05) is 19.5 Å². The summed E-state index contributed by atoms with van der Waals surface area (Å²) in [7, 11) is 1.08. The molecule has 0 saturated heterocycles. The van der Waals surface area contributed by atoms with E-state index in [9.17, 15) is 28.5 Å². The molecule has 144 valence electrons. The van der Waals surface area contributed by atoms with Gasteiger partial charge in [0.1, 0.15) is 22.6 Å². The number of nitro benzene ring substituents is 1. The Labute approximate surface area is 150 Å². The molecule has 1 aromatic carbocycles. The minimum atomic E-state index is -1.32. The molecular weight excluding hydrogens is 368 g/mol. The molecule has 0 radical (unpaired) electrons. The number of nitrogen functional groups attached to an aromatic ring is 1. The fourth-order valence-electron chi connectivity index (χ4n) is 2.98. The van der Waals surface area contributed by atoms with Gasteiger partial charge in [0.25, 0.3) is 0 Å². The number of nitrogens with zero attached hydrogens (tertiary/aromatic N) is 2. The van der Waals surface area contributed by atoms with E-state index in [1.807, 2.05) is 0 Å². The molecule has 0 amide bonds. The molecule has 9 nitrogen and oxygen atoms in total. The number of ether oxygens (including phenoxy) is 2. The summed E-state index contributed by atoms with van der Waals surface area (Å²) in [4.78, 5) is 35.4. The van der Waals surface area contributed by atoms with Gasteiger partial charge in [0.15, 0.2) is 17.3 Å². The molecule has 27 heavy (non-hydrogen) atoms. The number of hydrogen-bond acceptors (Lipinski definition) is 7. The van der Waals surface area contributed by atoms with Crippen LogP contribution in [0.1, 0.15) is 29.7 Å². The van der Waals surface area contributed by atoms with E-state index in [0.717, 1.165) is 17.9 Å². The van der Waals surface area contributed by atoms with Crippen molar-refractivity contribution < 1.29 is 28.0 Å². The summed E-state index contributed by atoms with van der Waals surface area (Å²) in [6.07, 6.45) is -0.284. The van der Waals surface area contributed by atoms with Crippen molar-refractivity contribution in [3.63, 3.8) is 0 Å². The van der Waals surface area contributed by atoms with Crippen LogP contribution in [0.15, 0.2) is 11.0 Å². The number of nitrogens with two attached hydrogens (primary N) is 1. The number of nitro groups is 1. The largest absolute Gasteiger partial charge is 0.491 e. The first kappa shape index (κ1) is 18.5. The fourth-order valence-corrected chi connectivity index (χ4v) is 2.98. The van der Waals surface area contributed by atoms with Crippen LogP contribution in [0.3, 0.4) is 0 Å². The third-order valence-electron chi connectivity index (χ3n) is 4.30. The van der Waals surface area contributed by atoms with Crippen LogP contribution in [-0.4, -0.2) is 35.3 Å². The predicted octanol–water partition coefficient (Wildman–Crippen LogP) is 2.10. The standard InChI is InChI=1S/C16H15F2N3O6/c1-3-27-16(23)6-5-20(8-4-7(8)17)13-9(14(6)22)12(21(24)25)11(19)10(18)15(13)26-2/h5,7-8H,3-4,19H2,1-2H3/t7-,8-/m1/s1. The normalized spacial score (nSPS) is 18.4. The van der Waals surface area contributed by atoms with E-state index >= 15 is 0 Å². The molecule has 1 heterocycles. The maximum Gasteiger partial charge on any atom is 0.343 e. The van der Waals surface area contributed by atoms with Crippen LogP contribution in [0.2, 0.25) is 0 Å². The third kappa shape index (κ3) is 2.75. The topological polar surface area (TPSA) is 127 Å². The molecule has 0 aliphatic heterocycles. The van der Waals surface area contributed by atoms with Crippen molar-refractivity contribution >= 4 is 28.2 Å². The monoisotopic (exact) mass is 383 g/mol. The van der Waals surface area contributed by atoms with Gasteiger partial charge < -0.3 is 19.8 Å². The van der Waals surface area contributed by atoms with Gasteiger partial charge in [-0.2, -0.15) is 0 Å². The predicted molar refractivity (Wildman–Crippen MR) is 90.3 cm³/mol. The maximum atomic E-state index is 14.6. The zero-order chi connectivity index (χ0) is 20.0. The number of fused-ring (bicyclic) bond motifs is 1. The minimum absolute atomic E-state index is 0.0309. The zero-order valence-corrected chi connectivity index (χ0v) is 14.3. The lowest BCUT2D eigenvalue weighted by atomic mass is 10.1. The summed E-state index contributed by atoms with van der Waals surface area (Å²) in [6, 6.07) is -0.835. The molecule has 1 aliphatic rings. The Kier molecular flexibility index (Phi) is 4.46. The molecule has 0 unspecified atom stereocenters. The van der Waals surface area contributed by atoms with Gasteiger partial charge in [-0.3, -0.25) is 14.9 Å². The number of rotatable bonds is 5. The minimum Gasteiger partial charge on any atom is -0.491 e. The van der Waals surface area contributed by atoms with Crippen molar-refractivity contribution in [1.29, 1.82) is 0 Å². The van der Waals surface area contributed by atoms with Crippen LogP contribution in [0.5, 0.6) is 5.75 Å². The zero-order valence-electron chi connectivity index (χ0n) is 14.3. The number of benzene rings is 1. The fraction of sp³-hybridized carbons (Fsp3) is 0.375. The Morgan fingerprint density at radius 3 is 2.63 bits per heavy atom. The highest BCUT2D eigenvalue weighted by molar-refractivity contribution is 6.02. The number of hydrogen-bond donors (Lipinski definition) is 1. The Hall–Kier alpha value is -3.24. The lowest BCUT2D eigenvalue weighted by molar-refractivity contribution is -0.382. The van der Waals surface area contributed by atoms with E-state index in [1.54, 1.807) is 0 Å². The number of anilines is 1. The van der Waals surface area contributed by atoms with Gasteiger partial charge in [-0.25, -0.2) is 13.6 Å². The number of aromatic nitrogens is 1. The molecule has 2 N–H and O–H groups in total. The van der Waals surface area contributed by atoms with Gasteiger partial charge in [0.2, 0.25) is 5.43 Å². The highest BCUT2D eigenvalue weighted by atomic mass is 19.1. The number of carbonyl (C=O) groups is 1. The Morgan fingerprint density at radius 1 is 1.52 bits per heavy atom. The molecule has 2 aromatic rings. The smallest absolute Gasteiger partial charge is 0.343 e. The van der Waals surface area contributed by atoms with Crippen LogP contribution in [-0.2, 0) is 4.74 Å². The second-order valence-electron chi connectivity index (χ2n) is 5.91. The lowest BCUT2D eigenvalue weighted by Gasteiger charge is -2.17. The number of carbonyl (C=O) groups excluding carboxylic acids is 1. The van der Waals surface area contributed by atoms with E-state index in [-0.39, 0.29) is 18.5 Å². The first-order chi connectivity index (χ1) is 12.7. The van der Waals surface area contributed by atoms with Crippen molar-refractivity contribution in [2.45, 2.75) is 25.6 Å². The van der Waals surface area contributed by atoms with Gasteiger partial charge in [-0.05, 0) is 6.92 Å². The summed E-state index contributed by atoms with van der Waals surface area (Å²) in [6.45, 7) is 1.46. The molecule has 3 rings (SSSR count). The first-order valence-electron chi connectivity index (χ1n) is 7.93. The van der Waals surface area contributed by atoms with Crippen LogP contribution in [0.25, 0.3) is 10.9 Å². The van der Waals surface area contributed by atoms with Gasteiger partial charge in [-0.15, -0.1) is 0 Å². The molecule has 1 fully saturated rings. The first-order valence-corrected chi connectivity index (χ1v) is 7.93. The summed E-state index contributed by atoms with van der Waals surface area (Å²) in [5.41, 5.74) is 1.64. The Morgan fingerprint density at radius 2 is 2.15 bits per heavy atom. The number of halogens is 2. The Balaban J connectivity index is 2.55. The molecule has 2 atom stereocenters. The molecule has 1 saturated carbocycles. The second-order valence-corrected chi connectivity index (χ2v) is 5.91. The molecule has 11 heteroatoms. The van der Waals surface area contributed by atoms with E-state index in [4.69, 9.17) is 15.2 Å². The number of methoxy groups -OCH3 is 1. The van der Waals surface area contributed by atoms with Crippen LogP contribution in [0.4, 0.5) is 20.2 Å². The third-order valence-corrected chi connectivity index (χ3v) is 4.30. The summed E-state index contributed by atoms with van der Waals surface area (Å²) >= 11 is 0. The lowest BCUT2D eigenvalue weighted by Crippen LogP contribution is -2.23. The van der Waals surface area contributed by atoms with E-state index in [2.05, 4.69) is 0 Å². The quantitative estimate of drug-likeness (QED) is 0.362. The number of esters is 1. The maximum absolute atomic E-state index is 14.6. The van der Waals surface area contributed by atoms with Gasteiger partial charge in [0, 0.05) is 12.6 Å². The van der Waals surface area contributed by atoms with E-state index < -0.39 is 62.4 Å². The van der Waals surface area contributed by atoms with Gasteiger partial charge >= 0.3 is 11.7 Å². The summed E-state index contributed by atoms with van der Waals surface area (Å²) < 4.78 is 39.2. The molecule has 0 bridgehead atoms. The van der Waals surface area contributed by atoms with Crippen LogP contribution >= 0.6 is 0 Å². The van der Waals surface area contributed by atoms with Gasteiger partial charge in [0.05, 0.1) is 24.7 Å². The average molecular weight is 383 g/mol. The molecule has 1 aliphatic carbocycles. The van der Waals surface area contributed by atoms with E-state index in [1.165, 1.54) is 6.92 Å². The van der Waals surface area contributed by atoms with Crippen molar-refractivity contribution in [3.05, 3.63) is 37.9 Å². The Bertz CT molecular complexity index is 1040. The van der Waals surface area contributed by atoms with Crippen molar-refractivity contribution in [2.24, 2.45) is 0 Å². The van der Waals surface area contributed by atoms with E-state index in [0.29, 0.717) is 0 Å². The molecule has 0 spiro atoms. The number of alkyl halides is 1. The highest BCUT2D eigenvalue weighted by Crippen LogP contribution is 2.46. The molecular formula is C16H15F2N3O6. The molecule has 1 aromatic heterocycles. The van der Waals surface area contributed by atoms with Crippen LogP contribution in [0, 0.1) is 15.9 Å². The van der Waals surface area contributed by atoms with Crippen molar-refractivity contribution in [1.82, 2.24) is 4.57 Å². The average Bonchev–Trinajstić information content (AvgIpc) is 3.33. The second kappa shape index (κ2) is 6.49. The summed E-state index contributed by atoms with van der Waals surface area (Å²) in [5.74, 6) is -2.82. The van der Waals surface area contributed by atoms with Crippen molar-refractivity contribution in [3.8, 4) is 5.75 Å². The summed E-state index contributed by atoms with van der Waals surface area (Å²) in [5, 5.41) is 10.8. The van der Waals surface area contributed by atoms with Crippen LogP contribution < -0.4 is 15.9 Å².